The molecule has 10 nitrogen and oxygen atoms in total. The van der Waals surface area contributed by atoms with Crippen LogP contribution in [0.25, 0.3) is 0 Å². The van der Waals surface area contributed by atoms with Crippen LogP contribution in [0.1, 0.15) is 22.3 Å². The van der Waals surface area contributed by atoms with Crippen LogP contribution in [0.3, 0.4) is 0 Å². The van der Waals surface area contributed by atoms with Crippen LogP contribution in [-0.4, -0.2) is 62.5 Å². The molecule has 0 bridgehead atoms. The summed E-state index contributed by atoms with van der Waals surface area (Å²) in [5.74, 6) is -1.18. The Labute approximate surface area is 290 Å². The van der Waals surface area contributed by atoms with Gasteiger partial charge in [0, 0.05) is 0 Å². The summed E-state index contributed by atoms with van der Waals surface area (Å²) >= 11 is -0.381. The number of rotatable bonds is 17. The molecule has 0 fully saturated rings. The molecule has 0 aliphatic carbocycles. The van der Waals surface area contributed by atoms with E-state index in [0.717, 1.165) is 22.3 Å². The summed E-state index contributed by atoms with van der Waals surface area (Å²) in [6.07, 6.45) is -1.48. The molecular formula is C36H36N2O8Se2. The molecule has 0 heterocycles. The second kappa shape index (κ2) is 20.6. The van der Waals surface area contributed by atoms with E-state index in [2.05, 4.69) is 10.6 Å². The van der Waals surface area contributed by atoms with Crippen LogP contribution in [0.15, 0.2) is 121 Å². The van der Waals surface area contributed by atoms with Gasteiger partial charge >= 0.3 is 292 Å². The number of carbonyl (C=O) groups is 4. The average Bonchev–Trinajstić information content (AvgIpc) is 3.13. The van der Waals surface area contributed by atoms with Gasteiger partial charge in [-0.2, -0.15) is 0 Å². The molecule has 2 atom stereocenters. The number of carbonyl (C=O) groups excluding carboxylic acids is 4. The van der Waals surface area contributed by atoms with Crippen LogP contribution in [0.5, 0.6) is 0 Å². The summed E-state index contributed by atoms with van der Waals surface area (Å²) in [5.41, 5.74) is 3.24. The molecule has 0 unspecified atom stereocenters. The topological polar surface area (TPSA) is 129 Å². The van der Waals surface area contributed by atoms with E-state index in [-0.39, 0.29) is 52.7 Å². The fraction of sp³-hybridized carbons (Fsp3) is 0.222. The van der Waals surface area contributed by atoms with Gasteiger partial charge in [-0.15, -0.1) is 0 Å². The number of ether oxygens (including phenoxy) is 4. The van der Waals surface area contributed by atoms with Gasteiger partial charge in [-0.25, -0.2) is 0 Å². The molecule has 4 aromatic rings. The third-order valence-electron chi connectivity index (χ3n) is 6.58. The first kappa shape index (κ1) is 36.2. The number of hydrogen-bond acceptors (Lipinski definition) is 8. The molecule has 4 rings (SSSR count). The van der Waals surface area contributed by atoms with E-state index >= 15 is 0 Å². The molecule has 2 N–H and O–H groups in total. The molecule has 0 radical (unpaired) electrons. The molecule has 0 saturated carbocycles. The summed E-state index contributed by atoms with van der Waals surface area (Å²) in [7, 11) is 0. The summed E-state index contributed by atoms with van der Waals surface area (Å²) in [6, 6.07) is 35.0. The van der Waals surface area contributed by atoms with Crippen molar-refractivity contribution >= 4 is 50.4 Å². The molecule has 48 heavy (non-hydrogen) atoms. The third kappa shape index (κ3) is 13.6. The van der Waals surface area contributed by atoms with Gasteiger partial charge in [0.1, 0.15) is 0 Å². The van der Waals surface area contributed by atoms with Gasteiger partial charge in [0.15, 0.2) is 0 Å². The standard InChI is InChI=1S/C36H36N2O8Se2/c39-33(43-21-27-13-5-1-6-14-27)31(37-35(41)45-23-29-17-9-3-10-18-29)25-47-48-26-32(34(40)44-22-28-15-7-2-8-16-28)38-36(42)46-24-30-19-11-4-12-20-30/h1-20,31-32H,21-26H2,(H,37,41)(H,38,42)/t31-,32-/m0/s1. The first-order valence-electron chi connectivity index (χ1n) is 15.1. The van der Waals surface area contributed by atoms with Gasteiger partial charge in [0.05, 0.1) is 0 Å². The Bertz CT molecular complexity index is 1450. The Balaban J connectivity index is 1.33. The van der Waals surface area contributed by atoms with Gasteiger partial charge in [-0.05, 0) is 0 Å². The Morgan fingerprint density at radius 2 is 0.708 bits per heavy atom. The van der Waals surface area contributed by atoms with Crippen molar-refractivity contribution in [3.05, 3.63) is 144 Å². The average molecular weight is 783 g/mol. The maximum atomic E-state index is 13.1. The monoisotopic (exact) mass is 784 g/mol. The van der Waals surface area contributed by atoms with E-state index < -0.39 is 36.2 Å². The van der Waals surface area contributed by atoms with Crippen molar-refractivity contribution in [1.82, 2.24) is 10.6 Å². The number of nitrogens with one attached hydrogen (secondary N) is 2. The van der Waals surface area contributed by atoms with E-state index in [4.69, 9.17) is 18.9 Å². The Kier molecular flexibility index (Phi) is 15.5. The molecule has 12 heteroatoms. The van der Waals surface area contributed by atoms with Gasteiger partial charge in [0.25, 0.3) is 0 Å². The van der Waals surface area contributed by atoms with Crippen molar-refractivity contribution in [2.75, 3.05) is 0 Å². The Morgan fingerprint density at radius 1 is 0.438 bits per heavy atom. The molecule has 0 saturated heterocycles. The molecule has 0 aliphatic heterocycles. The van der Waals surface area contributed by atoms with Crippen LogP contribution < -0.4 is 10.6 Å². The van der Waals surface area contributed by atoms with Crippen molar-refractivity contribution in [2.45, 2.75) is 49.1 Å². The van der Waals surface area contributed by atoms with E-state index in [1.165, 1.54) is 0 Å². The molecule has 2 amide bonds. The van der Waals surface area contributed by atoms with Crippen LogP contribution >= 0.6 is 0 Å². The van der Waals surface area contributed by atoms with Crippen LogP contribution in [0.4, 0.5) is 9.59 Å². The fourth-order valence-corrected chi connectivity index (χ4v) is 11.0. The predicted octanol–water partition coefficient (Wildman–Crippen LogP) is 5.22. The van der Waals surface area contributed by atoms with Gasteiger partial charge in [-0.1, -0.05) is 0 Å². The molecule has 250 valence electrons. The summed E-state index contributed by atoms with van der Waals surface area (Å²) in [5, 5.41) is 5.89. The summed E-state index contributed by atoms with van der Waals surface area (Å²) in [4.78, 5) is 51.5. The zero-order chi connectivity index (χ0) is 33.8. The van der Waals surface area contributed by atoms with Gasteiger partial charge < -0.3 is 0 Å². The predicted molar refractivity (Wildman–Crippen MR) is 181 cm³/mol. The Morgan fingerprint density at radius 3 is 1.00 bits per heavy atom. The van der Waals surface area contributed by atoms with Crippen molar-refractivity contribution in [1.29, 1.82) is 0 Å². The summed E-state index contributed by atoms with van der Waals surface area (Å²) < 4.78 is 21.7. The van der Waals surface area contributed by atoms with E-state index in [1.807, 2.05) is 121 Å². The normalized spacial score (nSPS) is 11.8. The van der Waals surface area contributed by atoms with E-state index in [1.54, 1.807) is 0 Å². The zero-order valence-electron chi connectivity index (χ0n) is 26.0. The second-order valence-electron chi connectivity index (χ2n) is 10.3. The van der Waals surface area contributed by atoms with Gasteiger partial charge in [0.2, 0.25) is 0 Å². The molecule has 0 aliphatic rings. The number of amides is 2. The number of hydrogen-bond donors (Lipinski definition) is 2. The fourth-order valence-electron chi connectivity index (χ4n) is 4.04. The maximum absolute atomic E-state index is 13.1. The van der Waals surface area contributed by atoms with Gasteiger partial charge in [-0.3, -0.25) is 0 Å². The van der Waals surface area contributed by atoms with Crippen molar-refractivity contribution in [2.24, 2.45) is 0 Å². The van der Waals surface area contributed by atoms with Crippen molar-refractivity contribution < 1.29 is 38.1 Å². The zero-order valence-corrected chi connectivity index (χ0v) is 29.5. The first-order valence-corrected chi connectivity index (χ1v) is 21.8. The number of alkyl carbamates (subject to hydrolysis) is 2. The SMILES string of the molecule is O=C(N[C@@H](C[Se][Se]C[C@H](NC(=O)OCc1ccccc1)C(=O)OCc1ccccc1)C(=O)OCc1ccccc1)OCc1ccccc1. The molecular weight excluding hydrogens is 746 g/mol. The number of esters is 2. The minimum atomic E-state index is -0.953. The minimum absolute atomic E-state index is 0.0480. The van der Waals surface area contributed by atoms with Crippen molar-refractivity contribution in [3.8, 4) is 0 Å². The van der Waals surface area contributed by atoms with Crippen LogP contribution in [0, 0.1) is 0 Å². The third-order valence-corrected chi connectivity index (χ3v) is 13.7. The first-order chi connectivity index (χ1) is 23.5. The summed E-state index contributed by atoms with van der Waals surface area (Å²) in [6.45, 7) is 0.206. The number of benzene rings is 4. The van der Waals surface area contributed by atoms with E-state index in [9.17, 15) is 19.2 Å². The van der Waals surface area contributed by atoms with Crippen molar-refractivity contribution in [3.63, 3.8) is 0 Å². The van der Waals surface area contributed by atoms with E-state index in [0.29, 0.717) is 10.6 Å². The second-order valence-corrected chi connectivity index (χ2v) is 17.8. The quantitative estimate of drug-likeness (QED) is 0.0646. The Hall–Kier alpha value is -4.60. The molecule has 0 aromatic heterocycles. The van der Waals surface area contributed by atoms with Crippen LogP contribution in [-0.2, 0) is 55.0 Å². The molecule has 4 aromatic carbocycles. The molecule has 0 spiro atoms. The van der Waals surface area contributed by atoms with Crippen LogP contribution in [0.2, 0.25) is 10.6 Å².